The lowest BCUT2D eigenvalue weighted by Gasteiger charge is -2.32. The monoisotopic (exact) mass is 481 g/mol. The SMILES string of the molecule is CC1(C)OB(c2cc3c(-c4ccccc4)nc4ccc5ccccc5c4c3c3ccccc23)OC1(C)C. The van der Waals surface area contributed by atoms with Gasteiger partial charge < -0.3 is 9.31 Å². The minimum Gasteiger partial charge on any atom is -0.399 e. The predicted octanol–water partition coefficient (Wildman–Crippen LogP) is 7.66. The summed E-state index contributed by atoms with van der Waals surface area (Å²) in [6.07, 6.45) is 0. The molecule has 1 saturated heterocycles. The zero-order valence-electron chi connectivity index (χ0n) is 21.6. The van der Waals surface area contributed by atoms with Crippen LogP contribution >= 0.6 is 0 Å². The topological polar surface area (TPSA) is 31.4 Å². The number of fused-ring (bicyclic) bond motifs is 7. The number of nitrogens with zero attached hydrogens (tertiary/aromatic N) is 1. The largest absolute Gasteiger partial charge is 0.495 e. The number of aromatic nitrogens is 1. The van der Waals surface area contributed by atoms with Gasteiger partial charge in [-0.2, -0.15) is 0 Å². The van der Waals surface area contributed by atoms with E-state index in [9.17, 15) is 0 Å². The maximum absolute atomic E-state index is 6.57. The van der Waals surface area contributed by atoms with Crippen molar-refractivity contribution < 1.29 is 9.31 Å². The highest BCUT2D eigenvalue weighted by atomic mass is 16.7. The number of benzene rings is 5. The second-order valence-electron chi connectivity index (χ2n) is 11.0. The molecule has 7 rings (SSSR count). The van der Waals surface area contributed by atoms with Crippen molar-refractivity contribution in [2.24, 2.45) is 0 Å². The van der Waals surface area contributed by atoms with Gasteiger partial charge in [0.2, 0.25) is 0 Å². The average molecular weight is 481 g/mol. The first-order chi connectivity index (χ1) is 17.8. The van der Waals surface area contributed by atoms with Crippen LogP contribution in [-0.2, 0) is 9.31 Å². The van der Waals surface area contributed by atoms with E-state index in [1.165, 1.54) is 26.9 Å². The van der Waals surface area contributed by atoms with Gasteiger partial charge in [0.15, 0.2) is 0 Å². The molecule has 6 aromatic rings. The predicted molar refractivity (Wildman–Crippen MR) is 155 cm³/mol. The second kappa shape index (κ2) is 7.88. The molecule has 0 amide bonds. The Balaban J connectivity index is 1.67. The van der Waals surface area contributed by atoms with E-state index >= 15 is 0 Å². The van der Waals surface area contributed by atoms with Gasteiger partial charge in [-0.05, 0) is 60.8 Å². The van der Waals surface area contributed by atoms with Gasteiger partial charge in [-0.15, -0.1) is 0 Å². The molecule has 1 aromatic heterocycles. The van der Waals surface area contributed by atoms with Crippen molar-refractivity contribution in [3.63, 3.8) is 0 Å². The van der Waals surface area contributed by atoms with Crippen molar-refractivity contribution in [3.8, 4) is 11.3 Å². The first-order valence-electron chi connectivity index (χ1n) is 12.9. The van der Waals surface area contributed by atoms with E-state index in [2.05, 4.69) is 119 Å². The lowest BCUT2D eigenvalue weighted by Crippen LogP contribution is -2.41. The van der Waals surface area contributed by atoms with Gasteiger partial charge in [0.25, 0.3) is 0 Å². The molecule has 0 N–H and O–H groups in total. The highest BCUT2D eigenvalue weighted by molar-refractivity contribution is 6.66. The number of hydrogen-bond donors (Lipinski definition) is 0. The third kappa shape index (κ3) is 3.33. The molecule has 0 bridgehead atoms. The van der Waals surface area contributed by atoms with Crippen LogP contribution in [0, 0.1) is 0 Å². The summed E-state index contributed by atoms with van der Waals surface area (Å²) < 4.78 is 13.1. The van der Waals surface area contributed by atoms with Crippen LogP contribution < -0.4 is 5.46 Å². The molecule has 1 aliphatic rings. The van der Waals surface area contributed by atoms with Crippen molar-refractivity contribution in [1.29, 1.82) is 0 Å². The summed E-state index contributed by atoms with van der Waals surface area (Å²) >= 11 is 0. The molecule has 37 heavy (non-hydrogen) atoms. The molecule has 0 radical (unpaired) electrons. The zero-order chi connectivity index (χ0) is 25.4. The maximum atomic E-state index is 6.57. The van der Waals surface area contributed by atoms with Gasteiger partial charge in [0.1, 0.15) is 0 Å². The summed E-state index contributed by atoms with van der Waals surface area (Å²) in [5, 5.41) is 8.27. The summed E-state index contributed by atoms with van der Waals surface area (Å²) in [5.41, 5.74) is 3.26. The molecule has 3 nitrogen and oxygen atoms in total. The van der Waals surface area contributed by atoms with Crippen LogP contribution in [0.1, 0.15) is 27.7 Å². The number of hydrogen-bond acceptors (Lipinski definition) is 3. The fourth-order valence-electron chi connectivity index (χ4n) is 5.64. The van der Waals surface area contributed by atoms with Crippen molar-refractivity contribution in [2.75, 3.05) is 0 Å². The first-order valence-corrected chi connectivity index (χ1v) is 12.9. The van der Waals surface area contributed by atoms with Crippen LogP contribution in [0.3, 0.4) is 0 Å². The molecule has 180 valence electrons. The summed E-state index contributed by atoms with van der Waals surface area (Å²) in [6.45, 7) is 8.42. The van der Waals surface area contributed by atoms with Gasteiger partial charge in [-0.25, -0.2) is 4.98 Å². The highest BCUT2D eigenvalue weighted by Gasteiger charge is 2.52. The van der Waals surface area contributed by atoms with E-state index in [0.717, 1.165) is 33.0 Å². The molecular weight excluding hydrogens is 453 g/mol. The van der Waals surface area contributed by atoms with Gasteiger partial charge in [0.05, 0.1) is 22.4 Å². The maximum Gasteiger partial charge on any atom is 0.495 e. The first kappa shape index (κ1) is 22.5. The third-order valence-corrected chi connectivity index (χ3v) is 8.28. The zero-order valence-corrected chi connectivity index (χ0v) is 21.6. The van der Waals surface area contributed by atoms with Crippen LogP contribution in [0.15, 0.2) is 97.1 Å². The molecule has 5 aromatic carbocycles. The molecule has 0 saturated carbocycles. The fraction of sp³-hybridized carbons (Fsp3) is 0.182. The lowest BCUT2D eigenvalue weighted by molar-refractivity contribution is 0.00578. The average Bonchev–Trinajstić information content (AvgIpc) is 3.13. The standard InChI is InChI=1S/C33H28BNO2/c1-32(2)33(3,4)37-34(36-32)27-20-26-29(25-17-11-10-16-24(25)27)30-23-15-9-8-12-21(23)18-19-28(30)35-31(26)22-13-6-5-7-14-22/h5-20H,1-4H3. The Bertz CT molecular complexity index is 1830. The summed E-state index contributed by atoms with van der Waals surface area (Å²) in [6, 6.07) is 34.3. The van der Waals surface area contributed by atoms with E-state index in [4.69, 9.17) is 14.3 Å². The minimum absolute atomic E-state index is 0.423. The number of pyridine rings is 1. The van der Waals surface area contributed by atoms with Crippen molar-refractivity contribution >= 4 is 55.8 Å². The van der Waals surface area contributed by atoms with Crippen LogP contribution in [0.25, 0.3) is 54.5 Å². The normalized spacial score (nSPS) is 16.8. The Morgan fingerprint density at radius 3 is 1.95 bits per heavy atom. The van der Waals surface area contributed by atoms with Gasteiger partial charge in [-0.1, -0.05) is 91.0 Å². The Morgan fingerprint density at radius 1 is 0.595 bits per heavy atom. The van der Waals surface area contributed by atoms with E-state index in [0.29, 0.717) is 0 Å². The molecule has 1 fully saturated rings. The smallest absolute Gasteiger partial charge is 0.399 e. The molecule has 4 heteroatoms. The van der Waals surface area contributed by atoms with Gasteiger partial charge in [-0.3, -0.25) is 0 Å². The Kier molecular flexibility index (Phi) is 4.79. The van der Waals surface area contributed by atoms with E-state index < -0.39 is 18.3 Å². The number of rotatable bonds is 2. The Hall–Kier alpha value is -3.73. The van der Waals surface area contributed by atoms with Crippen molar-refractivity contribution in [2.45, 2.75) is 38.9 Å². The third-order valence-electron chi connectivity index (χ3n) is 8.28. The fourth-order valence-corrected chi connectivity index (χ4v) is 5.64. The van der Waals surface area contributed by atoms with Crippen LogP contribution in [-0.4, -0.2) is 23.3 Å². The molecule has 0 spiro atoms. The van der Waals surface area contributed by atoms with E-state index in [1.54, 1.807) is 0 Å². The highest BCUT2D eigenvalue weighted by Crippen LogP contribution is 2.41. The van der Waals surface area contributed by atoms with Gasteiger partial charge >= 0.3 is 7.12 Å². The van der Waals surface area contributed by atoms with Crippen molar-refractivity contribution in [3.05, 3.63) is 97.1 Å². The Labute approximate surface area is 217 Å². The van der Waals surface area contributed by atoms with Crippen LogP contribution in [0.5, 0.6) is 0 Å². The molecule has 1 aliphatic heterocycles. The molecule has 0 atom stereocenters. The molecular formula is C33H28BNO2. The van der Waals surface area contributed by atoms with E-state index in [-0.39, 0.29) is 0 Å². The molecule has 2 heterocycles. The van der Waals surface area contributed by atoms with Gasteiger partial charge in [0, 0.05) is 21.7 Å². The molecule has 0 aliphatic carbocycles. The summed E-state index contributed by atoms with van der Waals surface area (Å²) in [7, 11) is -0.467. The Morgan fingerprint density at radius 2 is 1.22 bits per heavy atom. The lowest BCUT2D eigenvalue weighted by atomic mass is 9.74. The van der Waals surface area contributed by atoms with Crippen LogP contribution in [0.2, 0.25) is 0 Å². The summed E-state index contributed by atoms with van der Waals surface area (Å²) in [5.74, 6) is 0. The second-order valence-corrected chi connectivity index (χ2v) is 11.0. The minimum atomic E-state index is -0.467. The quantitative estimate of drug-likeness (QED) is 0.188. The van der Waals surface area contributed by atoms with Crippen molar-refractivity contribution in [1.82, 2.24) is 4.98 Å². The van der Waals surface area contributed by atoms with Crippen LogP contribution in [0.4, 0.5) is 0 Å². The summed E-state index contributed by atoms with van der Waals surface area (Å²) in [4.78, 5) is 5.27. The van der Waals surface area contributed by atoms with E-state index in [1.807, 2.05) is 6.07 Å². The molecule has 0 unspecified atom stereocenters.